The standard InChI is InChI=1S/C20H23ClN2O3S/c1-20(2,25)11-9-16(26-10-11)27-23-19(24)22-18-14-7-3-5-12(14)17(21)13-6-4-8-15(13)18/h9-10,25H,3-8H2,1-2H3,(H2,22,23,24). The van der Waals surface area contributed by atoms with Gasteiger partial charge in [0, 0.05) is 28.2 Å². The highest BCUT2D eigenvalue weighted by molar-refractivity contribution is 7.97. The summed E-state index contributed by atoms with van der Waals surface area (Å²) < 4.78 is 8.17. The first kappa shape index (κ1) is 18.7. The van der Waals surface area contributed by atoms with Crippen LogP contribution in [-0.2, 0) is 31.3 Å². The molecule has 4 rings (SSSR count). The topological polar surface area (TPSA) is 74.5 Å². The van der Waals surface area contributed by atoms with Gasteiger partial charge >= 0.3 is 6.03 Å². The highest BCUT2D eigenvalue weighted by atomic mass is 35.5. The lowest BCUT2D eigenvalue weighted by Gasteiger charge is -2.18. The van der Waals surface area contributed by atoms with Gasteiger partial charge in [0.25, 0.3) is 0 Å². The van der Waals surface area contributed by atoms with Crippen LogP contribution in [0, 0.1) is 0 Å². The third kappa shape index (κ3) is 3.58. The summed E-state index contributed by atoms with van der Waals surface area (Å²) in [5.74, 6) is 0. The average molecular weight is 407 g/mol. The first-order valence-corrected chi connectivity index (χ1v) is 10.4. The highest BCUT2D eigenvalue weighted by Crippen LogP contribution is 2.44. The maximum absolute atomic E-state index is 12.5. The van der Waals surface area contributed by atoms with E-state index in [1.807, 2.05) is 0 Å². The number of hydrogen-bond acceptors (Lipinski definition) is 4. The summed E-state index contributed by atoms with van der Waals surface area (Å²) in [6, 6.07) is 1.44. The number of furan rings is 1. The van der Waals surface area contributed by atoms with E-state index in [1.54, 1.807) is 19.9 Å². The number of urea groups is 1. The number of anilines is 1. The molecule has 144 valence electrons. The number of halogens is 1. The molecule has 0 radical (unpaired) electrons. The number of hydrogen-bond donors (Lipinski definition) is 3. The molecule has 0 atom stereocenters. The van der Waals surface area contributed by atoms with Crippen molar-refractivity contribution < 1.29 is 14.3 Å². The molecule has 0 spiro atoms. The van der Waals surface area contributed by atoms with E-state index in [-0.39, 0.29) is 6.03 Å². The van der Waals surface area contributed by atoms with E-state index >= 15 is 0 Å². The van der Waals surface area contributed by atoms with E-state index in [1.165, 1.54) is 28.5 Å². The summed E-state index contributed by atoms with van der Waals surface area (Å²) in [6.45, 7) is 3.38. The molecule has 27 heavy (non-hydrogen) atoms. The molecule has 2 aliphatic carbocycles. The van der Waals surface area contributed by atoms with Crippen molar-refractivity contribution in [3.63, 3.8) is 0 Å². The summed E-state index contributed by atoms with van der Waals surface area (Å²) in [4.78, 5) is 12.5. The second-order valence-corrected chi connectivity index (χ2v) is 8.87. The molecule has 2 aliphatic rings. The zero-order valence-electron chi connectivity index (χ0n) is 15.4. The molecule has 1 aromatic carbocycles. The normalized spacial score (nSPS) is 15.6. The van der Waals surface area contributed by atoms with Crippen molar-refractivity contribution in [2.75, 3.05) is 5.32 Å². The van der Waals surface area contributed by atoms with Crippen molar-refractivity contribution in [2.24, 2.45) is 0 Å². The van der Waals surface area contributed by atoms with Crippen LogP contribution in [-0.4, -0.2) is 11.1 Å². The van der Waals surface area contributed by atoms with Gasteiger partial charge in [-0.1, -0.05) is 11.6 Å². The first-order chi connectivity index (χ1) is 12.8. The molecule has 1 aromatic heterocycles. The number of carbonyl (C=O) groups excluding carboxylic acids is 1. The van der Waals surface area contributed by atoms with Gasteiger partial charge < -0.3 is 14.8 Å². The Morgan fingerprint density at radius 3 is 2.30 bits per heavy atom. The van der Waals surface area contributed by atoms with Gasteiger partial charge in [0.1, 0.15) is 0 Å². The van der Waals surface area contributed by atoms with Crippen molar-refractivity contribution in [2.45, 2.75) is 63.1 Å². The van der Waals surface area contributed by atoms with E-state index in [0.717, 1.165) is 61.2 Å². The molecule has 2 aromatic rings. The van der Waals surface area contributed by atoms with E-state index < -0.39 is 5.60 Å². The Morgan fingerprint density at radius 2 is 1.74 bits per heavy atom. The lowest BCUT2D eigenvalue weighted by Crippen LogP contribution is -2.24. The quantitative estimate of drug-likeness (QED) is 0.627. The Balaban J connectivity index is 1.49. The van der Waals surface area contributed by atoms with Crippen molar-refractivity contribution in [3.05, 3.63) is 45.2 Å². The third-order valence-corrected chi connectivity index (χ3v) is 6.49. The van der Waals surface area contributed by atoms with Crippen molar-refractivity contribution in [1.29, 1.82) is 0 Å². The van der Waals surface area contributed by atoms with Crippen LogP contribution in [0.5, 0.6) is 0 Å². The van der Waals surface area contributed by atoms with Gasteiger partial charge in [-0.15, -0.1) is 0 Å². The number of rotatable bonds is 4. The summed E-state index contributed by atoms with van der Waals surface area (Å²) >= 11 is 7.71. The highest BCUT2D eigenvalue weighted by Gasteiger charge is 2.28. The maximum Gasteiger partial charge on any atom is 0.329 e. The van der Waals surface area contributed by atoms with Crippen LogP contribution in [0.4, 0.5) is 10.5 Å². The predicted octanol–water partition coefficient (Wildman–Crippen LogP) is 4.97. The van der Waals surface area contributed by atoms with Gasteiger partial charge in [0.15, 0.2) is 5.09 Å². The van der Waals surface area contributed by atoms with Gasteiger partial charge in [-0.25, -0.2) is 4.79 Å². The Bertz CT molecular complexity index is 866. The van der Waals surface area contributed by atoms with Crippen molar-refractivity contribution in [3.8, 4) is 0 Å². The minimum Gasteiger partial charge on any atom is -0.456 e. The molecule has 2 amide bonds. The van der Waals surface area contributed by atoms with E-state index in [9.17, 15) is 9.90 Å². The van der Waals surface area contributed by atoms with Crippen LogP contribution in [0.25, 0.3) is 0 Å². The fraction of sp³-hybridized carbons (Fsp3) is 0.450. The molecule has 7 heteroatoms. The number of amides is 2. The van der Waals surface area contributed by atoms with Gasteiger partial charge in [-0.3, -0.25) is 4.72 Å². The van der Waals surface area contributed by atoms with E-state index in [2.05, 4.69) is 10.0 Å². The summed E-state index contributed by atoms with van der Waals surface area (Å²) in [6.07, 6.45) is 7.54. The van der Waals surface area contributed by atoms with E-state index in [0.29, 0.717) is 10.7 Å². The van der Waals surface area contributed by atoms with Gasteiger partial charge in [-0.05, 0) is 80.7 Å². The zero-order chi connectivity index (χ0) is 19.2. The molecule has 0 unspecified atom stereocenters. The maximum atomic E-state index is 12.5. The lowest BCUT2D eigenvalue weighted by molar-refractivity contribution is 0.0779. The van der Waals surface area contributed by atoms with Crippen LogP contribution in [0.15, 0.2) is 21.8 Å². The van der Waals surface area contributed by atoms with Crippen LogP contribution >= 0.6 is 23.5 Å². The Morgan fingerprint density at radius 1 is 1.15 bits per heavy atom. The molecule has 3 N–H and O–H groups in total. The predicted molar refractivity (Wildman–Crippen MR) is 107 cm³/mol. The SMILES string of the molecule is CC(C)(O)c1coc(SNC(=O)Nc2c3c(c(Cl)c4c2CCC4)CCC3)c1. The fourth-order valence-corrected chi connectivity index (χ4v) is 4.91. The number of nitrogens with one attached hydrogen (secondary N) is 2. The van der Waals surface area contributed by atoms with Crippen LogP contribution < -0.4 is 10.0 Å². The summed E-state index contributed by atoms with van der Waals surface area (Å²) in [5, 5.41) is 14.5. The average Bonchev–Trinajstić information content (AvgIpc) is 3.36. The minimum atomic E-state index is -0.977. The molecule has 5 nitrogen and oxygen atoms in total. The molecule has 0 fully saturated rings. The number of fused-ring (bicyclic) bond motifs is 2. The zero-order valence-corrected chi connectivity index (χ0v) is 17.0. The molecule has 0 aliphatic heterocycles. The first-order valence-electron chi connectivity index (χ1n) is 9.25. The molecular weight excluding hydrogens is 384 g/mol. The number of aliphatic hydroxyl groups is 1. The molecule has 0 saturated carbocycles. The van der Waals surface area contributed by atoms with Crippen molar-refractivity contribution >= 4 is 35.3 Å². The largest absolute Gasteiger partial charge is 0.456 e. The molecular formula is C20H23ClN2O3S. The number of benzene rings is 1. The van der Waals surface area contributed by atoms with Crippen LogP contribution in [0.1, 0.15) is 54.5 Å². The van der Waals surface area contributed by atoms with Gasteiger partial charge in [0.05, 0.1) is 11.9 Å². The Kier molecular flexibility index (Phi) is 4.91. The second-order valence-electron chi connectivity index (χ2n) is 7.68. The number of carbonyl (C=O) groups is 1. The Hall–Kier alpha value is -1.63. The van der Waals surface area contributed by atoms with Gasteiger partial charge in [0.2, 0.25) is 0 Å². The minimum absolute atomic E-state index is 0.285. The fourth-order valence-electron chi connectivity index (χ4n) is 3.97. The smallest absolute Gasteiger partial charge is 0.329 e. The van der Waals surface area contributed by atoms with Gasteiger partial charge in [-0.2, -0.15) is 0 Å². The lowest BCUT2D eigenvalue weighted by atomic mass is 9.98. The molecule has 1 heterocycles. The summed E-state index contributed by atoms with van der Waals surface area (Å²) in [7, 11) is 0. The molecule has 0 bridgehead atoms. The monoisotopic (exact) mass is 406 g/mol. The Labute approximate surface area is 168 Å². The third-order valence-electron chi connectivity index (χ3n) is 5.33. The van der Waals surface area contributed by atoms with Crippen LogP contribution in [0.3, 0.4) is 0 Å². The second kappa shape index (κ2) is 7.08. The molecule has 0 saturated heterocycles. The van der Waals surface area contributed by atoms with E-state index in [4.69, 9.17) is 16.0 Å². The van der Waals surface area contributed by atoms with Crippen molar-refractivity contribution in [1.82, 2.24) is 4.72 Å². The summed E-state index contributed by atoms with van der Waals surface area (Å²) in [5.41, 5.74) is 5.46. The van der Waals surface area contributed by atoms with Crippen LogP contribution in [0.2, 0.25) is 5.02 Å².